The fourth-order valence-corrected chi connectivity index (χ4v) is 3.43. The number of nitrogens with zero attached hydrogens (tertiary/aromatic N) is 2. The van der Waals surface area contributed by atoms with E-state index in [9.17, 15) is 9.59 Å². The maximum Gasteiger partial charge on any atom is 0.357 e. The lowest BCUT2D eigenvalue weighted by Crippen LogP contribution is -2.48. The third kappa shape index (κ3) is 15.1. The van der Waals surface area contributed by atoms with Crippen LogP contribution in [0, 0.1) is 5.92 Å². The molecule has 1 aromatic rings. The number of methoxy groups -OCH3 is 1. The molecule has 0 aliphatic carbocycles. The number of nitrogens with two attached hydrogens (primary N) is 1. The number of ether oxygens (including phenoxy) is 2. The number of hydrogen-bond acceptors (Lipinski definition) is 8. The first kappa shape index (κ1) is 33.6. The summed E-state index contributed by atoms with van der Waals surface area (Å²) in [6, 6.07) is -0.518. The molecule has 9 heteroatoms. The maximum atomic E-state index is 12.8. The Hall–Kier alpha value is -1.55. The van der Waals surface area contributed by atoms with Crippen LogP contribution in [0.15, 0.2) is 5.38 Å². The average Bonchev–Trinajstić information content (AvgIpc) is 3.31. The van der Waals surface area contributed by atoms with Crippen molar-refractivity contribution in [3.05, 3.63) is 16.1 Å². The van der Waals surface area contributed by atoms with Crippen LogP contribution in [-0.4, -0.2) is 67.0 Å². The number of unbranched alkanes of at least 4 members (excludes halogenated alkanes) is 2. The van der Waals surface area contributed by atoms with Crippen molar-refractivity contribution in [2.24, 2.45) is 11.7 Å². The highest BCUT2D eigenvalue weighted by Gasteiger charge is 2.25. The van der Waals surface area contributed by atoms with E-state index in [2.05, 4.69) is 30.5 Å². The molecule has 0 fully saturated rings. The van der Waals surface area contributed by atoms with Gasteiger partial charge < -0.3 is 25.2 Å². The number of aryl methyl sites for hydroxylation is 1. The summed E-state index contributed by atoms with van der Waals surface area (Å²) in [7, 11) is 2.34. The number of aliphatic hydroxyl groups excluding tert-OH is 1. The topological polar surface area (TPSA) is 115 Å². The number of thiazole rings is 1. The minimum Gasteiger partial charge on any atom is -0.464 e. The Morgan fingerprint density at radius 1 is 1.18 bits per heavy atom. The van der Waals surface area contributed by atoms with Crippen molar-refractivity contribution in [3.63, 3.8) is 0 Å². The van der Waals surface area contributed by atoms with E-state index in [1.807, 2.05) is 13.8 Å². The molecule has 1 aromatic heterocycles. The molecular formula is C24H47N3O5S. The van der Waals surface area contributed by atoms with E-state index in [0.29, 0.717) is 25.3 Å². The molecular weight excluding hydrogens is 442 g/mol. The van der Waals surface area contributed by atoms with Gasteiger partial charge in [-0.15, -0.1) is 11.3 Å². The standard InChI is InChI=1S/C20H35N3O4S.C3H8.CH4O/c1-5-7-8-12-27-14-23(19(24)18(21)15(3)6-2)11-9-10-17-22-16(13-28-17)20(25)26-4;1-3-2;1-2/h13,15,18H,5-12,14,21H2,1-4H3;3H2,1-2H3;2H,1H3. The minimum absolute atomic E-state index is 0.0702. The Balaban J connectivity index is 0. The van der Waals surface area contributed by atoms with Crippen LogP contribution < -0.4 is 5.73 Å². The molecule has 0 saturated heterocycles. The normalized spacial score (nSPS) is 11.9. The third-order valence-electron chi connectivity index (χ3n) is 4.76. The number of hydrogen-bond donors (Lipinski definition) is 2. The molecule has 0 spiro atoms. The molecule has 0 aliphatic rings. The van der Waals surface area contributed by atoms with Gasteiger partial charge in [0.2, 0.25) is 5.91 Å². The predicted octanol–water partition coefficient (Wildman–Crippen LogP) is 4.25. The molecule has 0 bridgehead atoms. The van der Waals surface area contributed by atoms with E-state index >= 15 is 0 Å². The molecule has 1 rings (SSSR count). The maximum absolute atomic E-state index is 12.8. The van der Waals surface area contributed by atoms with Crippen molar-refractivity contribution in [3.8, 4) is 0 Å². The molecule has 2 unspecified atom stereocenters. The van der Waals surface area contributed by atoms with Crippen LogP contribution in [0.5, 0.6) is 0 Å². The quantitative estimate of drug-likeness (QED) is 0.228. The summed E-state index contributed by atoms with van der Waals surface area (Å²) in [6.45, 7) is 11.9. The van der Waals surface area contributed by atoms with Crippen LogP contribution >= 0.6 is 11.3 Å². The molecule has 33 heavy (non-hydrogen) atoms. The molecule has 3 N–H and O–H groups in total. The summed E-state index contributed by atoms with van der Waals surface area (Å²) in [6.07, 6.45) is 6.75. The molecule has 0 saturated carbocycles. The van der Waals surface area contributed by atoms with Gasteiger partial charge in [-0.25, -0.2) is 9.78 Å². The van der Waals surface area contributed by atoms with E-state index in [1.54, 1.807) is 10.3 Å². The first-order valence-corrected chi connectivity index (χ1v) is 12.8. The Morgan fingerprint density at radius 2 is 1.82 bits per heavy atom. The van der Waals surface area contributed by atoms with Gasteiger partial charge in [0.1, 0.15) is 6.73 Å². The molecule has 194 valence electrons. The predicted molar refractivity (Wildman–Crippen MR) is 135 cm³/mol. The summed E-state index contributed by atoms with van der Waals surface area (Å²) < 4.78 is 10.4. The Bertz CT molecular complexity index is 613. The number of aliphatic hydroxyl groups is 1. The molecule has 0 aromatic carbocycles. The van der Waals surface area contributed by atoms with Gasteiger partial charge in [0.05, 0.1) is 18.2 Å². The van der Waals surface area contributed by atoms with Crippen LogP contribution in [0.1, 0.15) is 88.6 Å². The van der Waals surface area contributed by atoms with Crippen LogP contribution in [0.4, 0.5) is 0 Å². The molecule has 1 heterocycles. The van der Waals surface area contributed by atoms with Crippen LogP contribution in [0.2, 0.25) is 0 Å². The molecule has 1 amide bonds. The van der Waals surface area contributed by atoms with E-state index in [-0.39, 0.29) is 18.6 Å². The number of amides is 1. The fourth-order valence-electron chi connectivity index (χ4n) is 2.62. The van der Waals surface area contributed by atoms with Gasteiger partial charge in [0, 0.05) is 32.1 Å². The van der Waals surface area contributed by atoms with Crippen LogP contribution in [0.3, 0.4) is 0 Å². The van der Waals surface area contributed by atoms with E-state index < -0.39 is 12.0 Å². The molecule has 8 nitrogen and oxygen atoms in total. The van der Waals surface area contributed by atoms with Gasteiger partial charge in [-0.05, 0) is 18.8 Å². The number of carbonyl (C=O) groups excluding carboxylic acids is 2. The number of rotatable bonds is 14. The summed E-state index contributed by atoms with van der Waals surface area (Å²) in [5.74, 6) is -0.379. The SMILES string of the molecule is CCC.CCCCCOCN(CCCc1nc(C(=O)OC)cs1)C(=O)C(N)C(C)CC.CO. The van der Waals surface area contributed by atoms with Gasteiger partial charge in [-0.3, -0.25) is 4.79 Å². The fraction of sp³-hybridized carbons (Fsp3) is 0.792. The lowest BCUT2D eigenvalue weighted by molar-refractivity contribution is -0.139. The van der Waals surface area contributed by atoms with Gasteiger partial charge in [-0.1, -0.05) is 60.3 Å². The lowest BCUT2D eigenvalue weighted by Gasteiger charge is -2.28. The van der Waals surface area contributed by atoms with Crippen molar-refractivity contribution in [2.75, 3.05) is 34.1 Å². The van der Waals surface area contributed by atoms with Gasteiger partial charge in [-0.2, -0.15) is 0 Å². The number of aromatic nitrogens is 1. The number of carbonyl (C=O) groups is 2. The smallest absolute Gasteiger partial charge is 0.357 e. The average molecular weight is 490 g/mol. The van der Waals surface area contributed by atoms with Crippen LogP contribution in [0.25, 0.3) is 0 Å². The molecule has 2 atom stereocenters. The van der Waals surface area contributed by atoms with Crippen molar-refractivity contribution in [1.82, 2.24) is 9.88 Å². The van der Waals surface area contributed by atoms with Gasteiger partial charge in [0.15, 0.2) is 5.69 Å². The van der Waals surface area contributed by atoms with Gasteiger partial charge >= 0.3 is 5.97 Å². The molecule has 0 radical (unpaired) electrons. The minimum atomic E-state index is -0.518. The summed E-state index contributed by atoms with van der Waals surface area (Å²) in [5, 5.41) is 9.54. The highest BCUT2D eigenvalue weighted by molar-refractivity contribution is 7.09. The zero-order valence-electron chi connectivity index (χ0n) is 21.8. The second-order valence-corrected chi connectivity index (χ2v) is 8.63. The lowest BCUT2D eigenvalue weighted by atomic mass is 9.99. The van der Waals surface area contributed by atoms with Crippen molar-refractivity contribution < 1.29 is 24.2 Å². The van der Waals surface area contributed by atoms with Crippen molar-refractivity contribution in [1.29, 1.82) is 0 Å². The van der Waals surface area contributed by atoms with Crippen molar-refractivity contribution >= 4 is 23.2 Å². The van der Waals surface area contributed by atoms with E-state index in [1.165, 1.54) is 24.9 Å². The second kappa shape index (κ2) is 22.3. The summed E-state index contributed by atoms with van der Waals surface area (Å²) in [4.78, 5) is 30.3. The van der Waals surface area contributed by atoms with Crippen molar-refractivity contribution in [2.45, 2.75) is 85.6 Å². The summed E-state index contributed by atoms with van der Waals surface area (Å²) >= 11 is 1.42. The largest absolute Gasteiger partial charge is 0.464 e. The number of esters is 1. The monoisotopic (exact) mass is 489 g/mol. The van der Waals surface area contributed by atoms with E-state index in [0.717, 1.165) is 44.2 Å². The Morgan fingerprint density at radius 3 is 2.36 bits per heavy atom. The van der Waals surface area contributed by atoms with Crippen LogP contribution in [-0.2, 0) is 20.7 Å². The zero-order valence-corrected chi connectivity index (χ0v) is 22.6. The van der Waals surface area contributed by atoms with E-state index in [4.69, 9.17) is 15.6 Å². The first-order chi connectivity index (χ1) is 15.9. The third-order valence-corrected chi connectivity index (χ3v) is 5.67. The molecule has 0 aliphatic heterocycles. The first-order valence-electron chi connectivity index (χ1n) is 11.9. The van der Waals surface area contributed by atoms with Gasteiger partial charge in [0.25, 0.3) is 0 Å². The highest BCUT2D eigenvalue weighted by Crippen LogP contribution is 2.14. The highest BCUT2D eigenvalue weighted by atomic mass is 32.1. The Labute approximate surface area is 204 Å². The Kier molecular flexibility index (Phi) is 22.7. The zero-order chi connectivity index (χ0) is 25.6. The summed E-state index contributed by atoms with van der Waals surface area (Å²) in [5.41, 5.74) is 6.48. The second-order valence-electron chi connectivity index (χ2n) is 7.69.